The molecule has 4 saturated carbocycles. The summed E-state index contributed by atoms with van der Waals surface area (Å²) in [7, 11) is 0. The van der Waals surface area contributed by atoms with Gasteiger partial charge in [0.2, 0.25) is 0 Å². The number of rotatable bonds is 5. The van der Waals surface area contributed by atoms with Crippen molar-refractivity contribution >= 4 is 0 Å². The molecular weight excluding hydrogens is 328 g/mol. The summed E-state index contributed by atoms with van der Waals surface area (Å²) < 4.78 is 1.86. The van der Waals surface area contributed by atoms with Crippen LogP contribution in [0.25, 0.3) is 11.4 Å². The lowest BCUT2D eigenvalue weighted by atomic mass is 9.47. The van der Waals surface area contributed by atoms with Gasteiger partial charge < -0.3 is 10.2 Å². The van der Waals surface area contributed by atoms with E-state index in [1.165, 1.54) is 19.3 Å². The molecular formula is C20H26N4O2. The van der Waals surface area contributed by atoms with E-state index in [0.29, 0.717) is 24.2 Å². The van der Waals surface area contributed by atoms with Crippen LogP contribution >= 0.6 is 0 Å². The summed E-state index contributed by atoms with van der Waals surface area (Å²) in [5.41, 5.74) is 0.635. The van der Waals surface area contributed by atoms with Gasteiger partial charge >= 0.3 is 0 Å². The molecule has 0 saturated heterocycles. The van der Waals surface area contributed by atoms with Gasteiger partial charge in [0.25, 0.3) is 0 Å². The smallest absolute Gasteiger partial charge is 0.181 e. The van der Waals surface area contributed by atoms with E-state index in [-0.39, 0.29) is 12.0 Å². The first-order valence-electron chi connectivity index (χ1n) is 9.74. The van der Waals surface area contributed by atoms with Gasteiger partial charge in [-0.25, -0.2) is 9.67 Å². The van der Waals surface area contributed by atoms with Crippen LogP contribution in [0.2, 0.25) is 0 Å². The average Bonchev–Trinajstić information content (AvgIpc) is 2.96. The Morgan fingerprint density at radius 2 is 1.85 bits per heavy atom. The second kappa shape index (κ2) is 5.86. The van der Waals surface area contributed by atoms with E-state index in [4.69, 9.17) is 4.98 Å². The summed E-state index contributed by atoms with van der Waals surface area (Å²) in [6.07, 6.45) is 10.9. The van der Waals surface area contributed by atoms with Crippen LogP contribution in [-0.2, 0) is 13.0 Å². The van der Waals surface area contributed by atoms with Crippen LogP contribution in [0.4, 0.5) is 0 Å². The summed E-state index contributed by atoms with van der Waals surface area (Å²) in [6.45, 7) is 0.509. The highest BCUT2D eigenvalue weighted by Gasteiger charge is 2.57. The minimum absolute atomic E-state index is 0.0499. The second-order valence-corrected chi connectivity index (χ2v) is 8.90. The maximum absolute atomic E-state index is 11.0. The maximum Gasteiger partial charge on any atom is 0.181 e. The van der Waals surface area contributed by atoms with Crippen molar-refractivity contribution in [2.24, 2.45) is 17.3 Å². The first-order chi connectivity index (χ1) is 12.6. The van der Waals surface area contributed by atoms with Crippen LogP contribution in [0.3, 0.4) is 0 Å². The predicted molar refractivity (Wildman–Crippen MR) is 96.1 cm³/mol. The van der Waals surface area contributed by atoms with E-state index in [1.54, 1.807) is 12.4 Å². The molecule has 4 fully saturated rings. The Bertz CT molecular complexity index is 789. The third kappa shape index (κ3) is 2.76. The lowest BCUT2D eigenvalue weighted by molar-refractivity contribution is -0.163. The standard InChI is InChI=1S/C20H26N4O2/c25-6-5-24-17(22-18(23-24)16-1-3-21-4-2-16)12-19-8-14-7-15(9-19)11-20(26,10-14)13-19/h1-4,14-15,25-26H,5-13H2. The third-order valence-electron chi connectivity index (χ3n) is 6.68. The van der Waals surface area contributed by atoms with E-state index in [9.17, 15) is 10.2 Å². The van der Waals surface area contributed by atoms with Crippen molar-refractivity contribution in [3.63, 3.8) is 0 Å². The predicted octanol–water partition coefficient (Wildman–Crippen LogP) is 2.21. The normalized spacial score (nSPS) is 35.2. The molecule has 138 valence electrons. The monoisotopic (exact) mass is 354 g/mol. The average molecular weight is 354 g/mol. The molecule has 2 N–H and O–H groups in total. The minimum Gasteiger partial charge on any atom is -0.394 e. The molecule has 2 heterocycles. The largest absolute Gasteiger partial charge is 0.394 e. The van der Waals surface area contributed by atoms with Crippen LogP contribution < -0.4 is 0 Å². The summed E-state index contributed by atoms with van der Waals surface area (Å²) >= 11 is 0. The molecule has 6 nitrogen and oxygen atoms in total. The topological polar surface area (TPSA) is 84.1 Å². The van der Waals surface area contributed by atoms with Gasteiger partial charge in [-0.05, 0) is 67.9 Å². The van der Waals surface area contributed by atoms with Crippen molar-refractivity contribution in [3.8, 4) is 11.4 Å². The highest BCUT2D eigenvalue weighted by Crippen LogP contribution is 2.62. The van der Waals surface area contributed by atoms with Crippen LogP contribution in [0.15, 0.2) is 24.5 Å². The van der Waals surface area contributed by atoms with Crippen LogP contribution in [0, 0.1) is 17.3 Å². The Labute approximate surface area is 153 Å². The second-order valence-electron chi connectivity index (χ2n) is 8.90. The molecule has 0 radical (unpaired) electrons. The fraction of sp³-hybridized carbons (Fsp3) is 0.650. The fourth-order valence-corrected chi connectivity index (χ4v) is 6.35. The number of aliphatic hydroxyl groups is 2. The van der Waals surface area contributed by atoms with Gasteiger partial charge in [0.15, 0.2) is 5.82 Å². The van der Waals surface area contributed by atoms with Crippen molar-refractivity contribution in [3.05, 3.63) is 30.4 Å². The Morgan fingerprint density at radius 3 is 2.50 bits per heavy atom. The SMILES string of the molecule is OCCn1nc(-c2ccncc2)nc1CC12CC3CC(CC(O)(C3)C1)C2. The molecule has 2 aromatic heterocycles. The van der Waals surface area contributed by atoms with Crippen molar-refractivity contribution < 1.29 is 10.2 Å². The third-order valence-corrected chi connectivity index (χ3v) is 6.68. The minimum atomic E-state index is -0.458. The summed E-state index contributed by atoms with van der Waals surface area (Å²) in [4.78, 5) is 8.89. The number of hydrogen-bond acceptors (Lipinski definition) is 5. The van der Waals surface area contributed by atoms with Crippen molar-refractivity contribution in [1.29, 1.82) is 0 Å². The Morgan fingerprint density at radius 1 is 1.12 bits per heavy atom. The van der Waals surface area contributed by atoms with Crippen molar-refractivity contribution in [2.45, 2.75) is 57.1 Å². The molecule has 4 bridgehead atoms. The van der Waals surface area contributed by atoms with E-state index in [1.807, 2.05) is 16.8 Å². The molecule has 2 unspecified atom stereocenters. The first-order valence-corrected chi connectivity index (χ1v) is 9.74. The molecule has 26 heavy (non-hydrogen) atoms. The number of pyridine rings is 1. The van der Waals surface area contributed by atoms with Crippen LogP contribution in [0.1, 0.15) is 44.3 Å². The van der Waals surface area contributed by atoms with Gasteiger partial charge in [-0.1, -0.05) is 0 Å². The van der Waals surface area contributed by atoms with Gasteiger partial charge in [0.1, 0.15) is 5.82 Å². The van der Waals surface area contributed by atoms with Gasteiger partial charge in [-0.2, -0.15) is 5.10 Å². The summed E-state index contributed by atoms with van der Waals surface area (Å²) in [5.74, 6) is 2.96. The van der Waals surface area contributed by atoms with Crippen LogP contribution in [-0.4, -0.2) is 42.2 Å². The maximum atomic E-state index is 11.0. The zero-order chi connectivity index (χ0) is 17.8. The molecule has 0 amide bonds. The van der Waals surface area contributed by atoms with Gasteiger partial charge in [0, 0.05) is 24.4 Å². The molecule has 2 aromatic rings. The first kappa shape index (κ1) is 16.4. The highest BCUT2D eigenvalue weighted by molar-refractivity contribution is 5.53. The molecule has 4 aliphatic carbocycles. The van der Waals surface area contributed by atoms with E-state index < -0.39 is 5.60 Å². The summed E-state index contributed by atoms with van der Waals surface area (Å²) in [6, 6.07) is 3.83. The molecule has 0 spiro atoms. The lowest BCUT2D eigenvalue weighted by Crippen LogP contribution is -2.56. The number of aromatic nitrogens is 4. The number of hydrogen-bond donors (Lipinski definition) is 2. The summed E-state index contributed by atoms with van der Waals surface area (Å²) in [5, 5.41) is 25.1. The van der Waals surface area contributed by atoms with Crippen molar-refractivity contribution in [2.75, 3.05) is 6.61 Å². The Kier molecular flexibility index (Phi) is 3.69. The van der Waals surface area contributed by atoms with E-state index in [0.717, 1.165) is 37.1 Å². The Hall–Kier alpha value is -1.79. The zero-order valence-corrected chi connectivity index (χ0v) is 15.0. The van der Waals surface area contributed by atoms with E-state index in [2.05, 4.69) is 10.1 Å². The molecule has 6 rings (SSSR count). The molecule has 0 aromatic carbocycles. The highest BCUT2D eigenvalue weighted by atomic mass is 16.3. The Balaban J connectivity index is 1.47. The van der Waals surface area contributed by atoms with Gasteiger partial charge in [-0.15, -0.1) is 0 Å². The van der Waals surface area contributed by atoms with E-state index >= 15 is 0 Å². The zero-order valence-electron chi connectivity index (χ0n) is 15.0. The fourth-order valence-electron chi connectivity index (χ4n) is 6.35. The molecule has 4 aliphatic rings. The molecule has 2 atom stereocenters. The molecule has 6 heteroatoms. The quantitative estimate of drug-likeness (QED) is 0.860. The van der Waals surface area contributed by atoms with Gasteiger partial charge in [-0.3, -0.25) is 4.98 Å². The van der Waals surface area contributed by atoms with Gasteiger partial charge in [0.05, 0.1) is 18.8 Å². The molecule has 0 aliphatic heterocycles. The number of nitrogens with zero attached hydrogens (tertiary/aromatic N) is 4. The van der Waals surface area contributed by atoms with Crippen LogP contribution in [0.5, 0.6) is 0 Å². The van der Waals surface area contributed by atoms with Crippen molar-refractivity contribution in [1.82, 2.24) is 19.7 Å². The lowest BCUT2D eigenvalue weighted by Gasteiger charge is -2.60. The number of aliphatic hydroxyl groups excluding tert-OH is 1.